The van der Waals surface area contributed by atoms with Gasteiger partial charge >= 0.3 is 6.09 Å². The predicted octanol–water partition coefficient (Wildman–Crippen LogP) is 3.75. The summed E-state index contributed by atoms with van der Waals surface area (Å²) in [4.78, 5) is 11.6. The van der Waals surface area contributed by atoms with E-state index < -0.39 is 11.7 Å². The summed E-state index contributed by atoms with van der Waals surface area (Å²) < 4.78 is 5.12. The van der Waals surface area contributed by atoms with Gasteiger partial charge in [0.05, 0.1) is 12.5 Å². The van der Waals surface area contributed by atoms with E-state index in [1.165, 1.54) is 0 Å². The number of hydrogen-bond acceptors (Lipinski definition) is 3. The monoisotopic (exact) mass is 266 g/mol. The molecule has 1 aromatic rings. The van der Waals surface area contributed by atoms with Gasteiger partial charge in [-0.05, 0) is 44.5 Å². The summed E-state index contributed by atoms with van der Waals surface area (Å²) in [7, 11) is 0. The molecule has 0 aliphatic carbocycles. The fraction of sp³-hybridized carbons (Fsp3) is 0.385. The SMILES string of the molecule is CC(C)(C)OC(=O)Nc1ccc(Cl)c(CC#N)c1. The van der Waals surface area contributed by atoms with Crippen LogP contribution in [-0.2, 0) is 11.2 Å². The molecule has 1 N–H and O–H groups in total. The van der Waals surface area contributed by atoms with Crippen molar-refractivity contribution in [1.82, 2.24) is 0 Å². The normalized spacial score (nSPS) is 10.6. The molecule has 0 radical (unpaired) electrons. The van der Waals surface area contributed by atoms with Gasteiger partial charge in [-0.1, -0.05) is 11.6 Å². The first-order valence-electron chi connectivity index (χ1n) is 5.47. The highest BCUT2D eigenvalue weighted by atomic mass is 35.5. The van der Waals surface area contributed by atoms with Crippen LogP contribution in [0.3, 0.4) is 0 Å². The van der Waals surface area contributed by atoms with Crippen LogP contribution in [0, 0.1) is 11.3 Å². The van der Waals surface area contributed by atoms with Crippen molar-refractivity contribution in [3.05, 3.63) is 28.8 Å². The lowest BCUT2D eigenvalue weighted by molar-refractivity contribution is 0.0636. The first-order chi connectivity index (χ1) is 8.31. The Morgan fingerprint density at radius 2 is 2.17 bits per heavy atom. The molecular weight excluding hydrogens is 252 g/mol. The Labute approximate surface area is 112 Å². The summed E-state index contributed by atoms with van der Waals surface area (Å²) in [6.45, 7) is 5.36. The zero-order chi connectivity index (χ0) is 13.8. The maximum atomic E-state index is 11.6. The van der Waals surface area contributed by atoms with Gasteiger partial charge in [0.15, 0.2) is 0 Å². The van der Waals surface area contributed by atoms with Crippen molar-refractivity contribution in [1.29, 1.82) is 5.26 Å². The van der Waals surface area contributed by atoms with Crippen LogP contribution in [-0.4, -0.2) is 11.7 Å². The molecule has 1 aromatic carbocycles. The molecule has 0 unspecified atom stereocenters. The maximum Gasteiger partial charge on any atom is 0.412 e. The average Bonchev–Trinajstić information content (AvgIpc) is 2.20. The highest BCUT2D eigenvalue weighted by Crippen LogP contribution is 2.21. The van der Waals surface area contributed by atoms with Crippen LogP contribution in [0.25, 0.3) is 0 Å². The summed E-state index contributed by atoms with van der Waals surface area (Å²) >= 11 is 5.92. The minimum Gasteiger partial charge on any atom is -0.444 e. The second-order valence-corrected chi connectivity index (χ2v) is 5.18. The third kappa shape index (κ3) is 4.64. The summed E-state index contributed by atoms with van der Waals surface area (Å²) in [6, 6.07) is 6.98. The number of nitriles is 1. The van der Waals surface area contributed by atoms with E-state index >= 15 is 0 Å². The molecule has 96 valence electrons. The third-order valence-corrected chi connectivity index (χ3v) is 2.33. The molecule has 5 heteroatoms. The molecule has 0 saturated heterocycles. The molecule has 0 aliphatic rings. The quantitative estimate of drug-likeness (QED) is 0.887. The van der Waals surface area contributed by atoms with E-state index in [4.69, 9.17) is 21.6 Å². The van der Waals surface area contributed by atoms with E-state index in [-0.39, 0.29) is 6.42 Å². The van der Waals surface area contributed by atoms with E-state index in [1.807, 2.05) is 6.07 Å². The molecule has 1 amide bonds. The Morgan fingerprint density at radius 3 is 2.72 bits per heavy atom. The molecule has 0 heterocycles. The lowest BCUT2D eigenvalue weighted by Gasteiger charge is -2.19. The van der Waals surface area contributed by atoms with E-state index in [2.05, 4.69) is 5.32 Å². The second-order valence-electron chi connectivity index (χ2n) is 4.77. The Balaban J connectivity index is 2.77. The molecule has 0 spiro atoms. The largest absolute Gasteiger partial charge is 0.444 e. The summed E-state index contributed by atoms with van der Waals surface area (Å²) in [5.74, 6) is 0. The molecule has 4 nitrogen and oxygen atoms in total. The topological polar surface area (TPSA) is 62.1 Å². The van der Waals surface area contributed by atoms with E-state index in [0.717, 1.165) is 0 Å². The van der Waals surface area contributed by atoms with Gasteiger partial charge in [-0.3, -0.25) is 5.32 Å². The lowest BCUT2D eigenvalue weighted by Crippen LogP contribution is -2.27. The maximum absolute atomic E-state index is 11.6. The van der Waals surface area contributed by atoms with Crippen LogP contribution in [0.4, 0.5) is 10.5 Å². The summed E-state index contributed by atoms with van der Waals surface area (Å²) in [5.41, 5.74) is 0.679. The van der Waals surface area contributed by atoms with Gasteiger partial charge in [-0.2, -0.15) is 5.26 Å². The van der Waals surface area contributed by atoms with Gasteiger partial charge in [-0.25, -0.2) is 4.79 Å². The molecule has 0 aromatic heterocycles. The Morgan fingerprint density at radius 1 is 1.50 bits per heavy atom. The molecule has 18 heavy (non-hydrogen) atoms. The van der Waals surface area contributed by atoms with Gasteiger partial charge in [0.2, 0.25) is 0 Å². The molecule has 0 aliphatic heterocycles. The van der Waals surface area contributed by atoms with Crippen molar-refractivity contribution in [2.24, 2.45) is 0 Å². The fourth-order valence-electron chi connectivity index (χ4n) is 1.29. The minimum atomic E-state index is -0.550. The van der Waals surface area contributed by atoms with Crippen molar-refractivity contribution >= 4 is 23.4 Å². The number of carbonyl (C=O) groups excluding carboxylic acids is 1. The van der Waals surface area contributed by atoms with Crippen LogP contribution < -0.4 is 5.32 Å². The van der Waals surface area contributed by atoms with E-state index in [1.54, 1.807) is 39.0 Å². The number of anilines is 1. The van der Waals surface area contributed by atoms with Crippen LogP contribution in [0.5, 0.6) is 0 Å². The Bertz CT molecular complexity index is 487. The Kier molecular flexibility index (Phi) is 4.57. The smallest absolute Gasteiger partial charge is 0.412 e. The number of amides is 1. The van der Waals surface area contributed by atoms with Gasteiger partial charge in [0.25, 0.3) is 0 Å². The highest BCUT2D eigenvalue weighted by Gasteiger charge is 2.16. The molecular formula is C13H15ClN2O2. The number of benzene rings is 1. The zero-order valence-electron chi connectivity index (χ0n) is 10.6. The van der Waals surface area contributed by atoms with E-state index in [0.29, 0.717) is 16.3 Å². The molecule has 0 saturated carbocycles. The number of rotatable bonds is 2. The summed E-state index contributed by atoms with van der Waals surface area (Å²) in [5, 5.41) is 11.8. The van der Waals surface area contributed by atoms with Gasteiger partial charge in [0.1, 0.15) is 5.60 Å². The number of halogens is 1. The standard InChI is InChI=1S/C13H15ClN2O2/c1-13(2,3)18-12(17)16-10-4-5-11(14)9(8-10)6-7-15/h4-5,8H,6H2,1-3H3,(H,16,17). The van der Waals surface area contributed by atoms with Crippen molar-refractivity contribution in [3.8, 4) is 6.07 Å². The van der Waals surface area contributed by atoms with Gasteiger partial charge < -0.3 is 4.74 Å². The van der Waals surface area contributed by atoms with E-state index in [9.17, 15) is 4.79 Å². The average molecular weight is 267 g/mol. The lowest BCUT2D eigenvalue weighted by atomic mass is 10.1. The molecule has 1 rings (SSSR count). The van der Waals surface area contributed by atoms with Crippen molar-refractivity contribution in [2.45, 2.75) is 32.8 Å². The van der Waals surface area contributed by atoms with Gasteiger partial charge in [0, 0.05) is 10.7 Å². The van der Waals surface area contributed by atoms with Crippen LogP contribution in [0.1, 0.15) is 26.3 Å². The predicted molar refractivity (Wildman–Crippen MR) is 70.6 cm³/mol. The minimum absolute atomic E-state index is 0.197. The number of nitrogens with one attached hydrogen (secondary N) is 1. The van der Waals surface area contributed by atoms with Crippen LogP contribution in [0.2, 0.25) is 5.02 Å². The number of hydrogen-bond donors (Lipinski definition) is 1. The number of nitrogens with zero attached hydrogens (tertiary/aromatic N) is 1. The zero-order valence-corrected chi connectivity index (χ0v) is 11.3. The third-order valence-electron chi connectivity index (χ3n) is 1.96. The number of carbonyl (C=O) groups is 1. The number of ether oxygens (including phenoxy) is 1. The van der Waals surface area contributed by atoms with Crippen molar-refractivity contribution in [2.75, 3.05) is 5.32 Å². The van der Waals surface area contributed by atoms with Crippen LogP contribution >= 0.6 is 11.6 Å². The Hall–Kier alpha value is -1.73. The fourth-order valence-corrected chi connectivity index (χ4v) is 1.48. The first kappa shape index (κ1) is 14.3. The highest BCUT2D eigenvalue weighted by molar-refractivity contribution is 6.31. The summed E-state index contributed by atoms with van der Waals surface area (Å²) in [6.07, 6.45) is -0.337. The van der Waals surface area contributed by atoms with Crippen molar-refractivity contribution < 1.29 is 9.53 Å². The molecule has 0 bridgehead atoms. The first-order valence-corrected chi connectivity index (χ1v) is 5.85. The van der Waals surface area contributed by atoms with Gasteiger partial charge in [-0.15, -0.1) is 0 Å². The van der Waals surface area contributed by atoms with Crippen LogP contribution in [0.15, 0.2) is 18.2 Å². The second kappa shape index (κ2) is 5.74. The van der Waals surface area contributed by atoms with Crippen molar-refractivity contribution in [3.63, 3.8) is 0 Å². The molecule has 0 fully saturated rings. The molecule has 0 atom stereocenters.